The number of carbonyl (C=O) groups excluding carboxylic acids is 1. The van der Waals surface area contributed by atoms with Gasteiger partial charge in [-0.05, 0) is 19.3 Å². The molecular formula is C12H23NO2. The first kappa shape index (κ1) is 12.5. The monoisotopic (exact) mass is 213 g/mol. The van der Waals surface area contributed by atoms with Gasteiger partial charge < -0.3 is 10.1 Å². The first-order valence-electron chi connectivity index (χ1n) is 6.15. The van der Waals surface area contributed by atoms with Crippen molar-refractivity contribution in [3.63, 3.8) is 0 Å². The molecule has 0 radical (unpaired) electrons. The molecule has 1 N–H and O–H groups in total. The number of nitrogens with one attached hydrogen (secondary N) is 1. The lowest BCUT2D eigenvalue weighted by Gasteiger charge is -2.29. The summed E-state index contributed by atoms with van der Waals surface area (Å²) in [5.41, 5.74) is 0. The van der Waals surface area contributed by atoms with Crippen molar-refractivity contribution in [2.24, 2.45) is 5.92 Å². The van der Waals surface area contributed by atoms with Crippen molar-refractivity contribution < 1.29 is 9.53 Å². The van der Waals surface area contributed by atoms with Crippen LogP contribution in [-0.2, 0) is 9.53 Å². The van der Waals surface area contributed by atoms with Gasteiger partial charge in [-0.15, -0.1) is 0 Å². The summed E-state index contributed by atoms with van der Waals surface area (Å²) < 4.78 is 5.54. The van der Waals surface area contributed by atoms with Gasteiger partial charge in [0.1, 0.15) is 6.23 Å². The molecule has 0 saturated carbocycles. The van der Waals surface area contributed by atoms with E-state index in [1.54, 1.807) is 0 Å². The zero-order chi connectivity index (χ0) is 11.1. The van der Waals surface area contributed by atoms with Crippen LogP contribution in [0.2, 0.25) is 0 Å². The fraction of sp³-hybridized carbons (Fsp3) is 0.917. The molecule has 1 fully saturated rings. The Morgan fingerprint density at radius 2 is 2.27 bits per heavy atom. The summed E-state index contributed by atoms with van der Waals surface area (Å²) in [6.07, 6.45) is 6.14. The molecule has 1 heterocycles. The van der Waals surface area contributed by atoms with Gasteiger partial charge >= 0.3 is 0 Å². The van der Waals surface area contributed by atoms with Gasteiger partial charge in [0.05, 0.1) is 0 Å². The molecule has 88 valence electrons. The van der Waals surface area contributed by atoms with E-state index in [-0.39, 0.29) is 12.1 Å². The maximum Gasteiger partial charge on any atom is 0.221 e. The summed E-state index contributed by atoms with van der Waals surface area (Å²) in [6, 6.07) is 0. The van der Waals surface area contributed by atoms with Crippen molar-refractivity contribution in [1.82, 2.24) is 5.32 Å². The topological polar surface area (TPSA) is 38.3 Å². The van der Waals surface area contributed by atoms with Crippen LogP contribution in [-0.4, -0.2) is 18.7 Å². The number of unbranched alkanes of at least 4 members (excludes halogenated alkanes) is 2. The molecule has 0 unspecified atom stereocenters. The minimum absolute atomic E-state index is 0.0483. The third-order valence-corrected chi connectivity index (χ3v) is 2.93. The zero-order valence-corrected chi connectivity index (χ0v) is 9.92. The molecule has 0 aromatic carbocycles. The Hall–Kier alpha value is -0.570. The lowest BCUT2D eigenvalue weighted by Crippen LogP contribution is -2.43. The van der Waals surface area contributed by atoms with Crippen LogP contribution in [0.4, 0.5) is 0 Å². The van der Waals surface area contributed by atoms with Crippen molar-refractivity contribution in [3.05, 3.63) is 0 Å². The predicted octanol–water partition coefficient (Wildman–Crippen LogP) is 2.46. The first-order valence-corrected chi connectivity index (χ1v) is 6.15. The van der Waals surface area contributed by atoms with Crippen LogP contribution in [0.3, 0.4) is 0 Å². The number of amides is 1. The summed E-state index contributed by atoms with van der Waals surface area (Å²) in [5, 5.41) is 2.97. The summed E-state index contributed by atoms with van der Waals surface area (Å²) in [7, 11) is 0. The van der Waals surface area contributed by atoms with Gasteiger partial charge in [-0.3, -0.25) is 4.79 Å². The Morgan fingerprint density at radius 3 is 2.93 bits per heavy atom. The van der Waals surface area contributed by atoms with Crippen LogP contribution in [0, 0.1) is 5.92 Å². The SMILES string of the molecule is CCCCCC(=O)N[C@H]1OCCC[C@@H]1C. The molecular weight excluding hydrogens is 190 g/mol. The second-order valence-corrected chi connectivity index (χ2v) is 4.44. The average Bonchev–Trinajstić information content (AvgIpc) is 2.22. The highest BCUT2D eigenvalue weighted by Crippen LogP contribution is 2.18. The van der Waals surface area contributed by atoms with Crippen LogP contribution in [0.5, 0.6) is 0 Å². The normalized spacial score (nSPS) is 26.3. The highest BCUT2D eigenvalue weighted by molar-refractivity contribution is 5.76. The van der Waals surface area contributed by atoms with Crippen molar-refractivity contribution in [2.45, 2.75) is 58.6 Å². The fourth-order valence-electron chi connectivity index (χ4n) is 1.88. The van der Waals surface area contributed by atoms with Crippen molar-refractivity contribution >= 4 is 5.91 Å². The first-order chi connectivity index (χ1) is 7.24. The molecule has 1 aliphatic rings. The van der Waals surface area contributed by atoms with Crippen molar-refractivity contribution in [1.29, 1.82) is 0 Å². The Morgan fingerprint density at radius 1 is 1.47 bits per heavy atom. The molecule has 3 nitrogen and oxygen atoms in total. The molecule has 1 saturated heterocycles. The summed E-state index contributed by atoms with van der Waals surface area (Å²) in [4.78, 5) is 11.5. The molecule has 2 atom stereocenters. The average molecular weight is 213 g/mol. The number of carbonyl (C=O) groups is 1. The van der Waals surface area contributed by atoms with E-state index in [1.165, 1.54) is 0 Å². The Labute approximate surface area is 92.6 Å². The van der Waals surface area contributed by atoms with E-state index in [9.17, 15) is 4.79 Å². The molecule has 0 aliphatic carbocycles. The Bertz CT molecular complexity index is 194. The summed E-state index contributed by atoms with van der Waals surface area (Å²) in [6.45, 7) is 5.06. The molecule has 1 amide bonds. The fourth-order valence-corrected chi connectivity index (χ4v) is 1.88. The molecule has 0 spiro atoms. The van der Waals surface area contributed by atoms with Gasteiger partial charge in [0, 0.05) is 18.9 Å². The molecule has 15 heavy (non-hydrogen) atoms. The maximum absolute atomic E-state index is 11.5. The van der Waals surface area contributed by atoms with Crippen molar-refractivity contribution in [3.8, 4) is 0 Å². The van der Waals surface area contributed by atoms with Gasteiger partial charge in [0.25, 0.3) is 0 Å². The third-order valence-electron chi connectivity index (χ3n) is 2.93. The van der Waals surface area contributed by atoms with Crippen LogP contribution >= 0.6 is 0 Å². The zero-order valence-electron chi connectivity index (χ0n) is 9.92. The van der Waals surface area contributed by atoms with Gasteiger partial charge in [-0.2, -0.15) is 0 Å². The van der Waals surface area contributed by atoms with E-state index < -0.39 is 0 Å². The second kappa shape index (κ2) is 6.83. The molecule has 1 aliphatic heterocycles. The maximum atomic E-state index is 11.5. The quantitative estimate of drug-likeness (QED) is 0.712. The number of ether oxygens (including phenoxy) is 1. The standard InChI is InChI=1S/C12H23NO2/c1-3-4-5-8-11(14)13-12-10(2)7-6-9-15-12/h10,12H,3-9H2,1-2H3,(H,13,14)/t10-,12-/m0/s1. The summed E-state index contributed by atoms with van der Waals surface area (Å²) >= 11 is 0. The minimum Gasteiger partial charge on any atom is -0.358 e. The number of rotatable bonds is 5. The largest absolute Gasteiger partial charge is 0.358 e. The van der Waals surface area contributed by atoms with E-state index in [1.807, 2.05) is 0 Å². The van der Waals surface area contributed by atoms with E-state index >= 15 is 0 Å². The minimum atomic E-state index is -0.0483. The van der Waals surface area contributed by atoms with Gasteiger partial charge in [-0.1, -0.05) is 26.7 Å². The smallest absolute Gasteiger partial charge is 0.221 e. The lowest BCUT2D eigenvalue weighted by molar-refractivity contribution is -0.129. The van der Waals surface area contributed by atoms with Gasteiger partial charge in [-0.25, -0.2) is 0 Å². The van der Waals surface area contributed by atoms with E-state index in [2.05, 4.69) is 19.2 Å². The van der Waals surface area contributed by atoms with Gasteiger partial charge in [0.2, 0.25) is 5.91 Å². The molecule has 3 heteroatoms. The van der Waals surface area contributed by atoms with E-state index in [0.717, 1.165) is 38.7 Å². The highest BCUT2D eigenvalue weighted by atomic mass is 16.5. The van der Waals surface area contributed by atoms with Crippen LogP contribution in [0.15, 0.2) is 0 Å². The predicted molar refractivity (Wildman–Crippen MR) is 60.4 cm³/mol. The van der Waals surface area contributed by atoms with E-state index in [0.29, 0.717) is 12.3 Å². The molecule has 1 rings (SSSR count). The third kappa shape index (κ3) is 4.65. The lowest BCUT2D eigenvalue weighted by atomic mass is 10.0. The Kier molecular flexibility index (Phi) is 5.69. The second-order valence-electron chi connectivity index (χ2n) is 4.44. The molecule has 0 aromatic heterocycles. The molecule has 0 bridgehead atoms. The highest BCUT2D eigenvalue weighted by Gasteiger charge is 2.23. The number of hydrogen-bond acceptors (Lipinski definition) is 2. The van der Waals surface area contributed by atoms with Gasteiger partial charge in [0.15, 0.2) is 0 Å². The summed E-state index contributed by atoms with van der Waals surface area (Å²) in [5.74, 6) is 0.594. The van der Waals surface area contributed by atoms with Crippen LogP contribution in [0.1, 0.15) is 52.4 Å². The number of hydrogen-bond donors (Lipinski definition) is 1. The van der Waals surface area contributed by atoms with Crippen molar-refractivity contribution in [2.75, 3.05) is 6.61 Å². The molecule has 0 aromatic rings. The Balaban J connectivity index is 2.18. The van der Waals surface area contributed by atoms with E-state index in [4.69, 9.17) is 4.74 Å². The van der Waals surface area contributed by atoms with Crippen LogP contribution in [0.25, 0.3) is 0 Å². The van der Waals surface area contributed by atoms with Crippen LogP contribution < -0.4 is 5.32 Å².